The van der Waals surface area contributed by atoms with Crippen LogP contribution in [0, 0.1) is 17.8 Å². The summed E-state index contributed by atoms with van der Waals surface area (Å²) in [7, 11) is 0. The smallest absolute Gasteiger partial charge is 0.407 e. The molecule has 3 aromatic rings. The third-order valence-corrected chi connectivity index (χ3v) is 14.2. The fraction of sp³-hybridized carbons (Fsp3) is 0.645. The van der Waals surface area contributed by atoms with Gasteiger partial charge in [-0.05, 0) is 176 Å². The van der Waals surface area contributed by atoms with Crippen molar-refractivity contribution in [1.29, 1.82) is 0 Å². The number of alkyl carbamates (subject to hydrolysis) is 2. The first-order chi connectivity index (χ1) is 35.4. The molecule has 0 aromatic heterocycles. The molecule has 3 aromatic carbocycles. The molecule has 420 valence electrons. The van der Waals surface area contributed by atoms with Gasteiger partial charge in [0.15, 0.2) is 0 Å². The van der Waals surface area contributed by atoms with Gasteiger partial charge in [0.05, 0.1) is 33.0 Å². The van der Waals surface area contributed by atoms with Crippen LogP contribution >= 0.6 is 0 Å². The van der Waals surface area contributed by atoms with E-state index < -0.39 is 22.9 Å². The van der Waals surface area contributed by atoms with Crippen LogP contribution in [-0.4, -0.2) is 86.3 Å². The van der Waals surface area contributed by atoms with Crippen LogP contribution in [0.3, 0.4) is 0 Å². The summed E-state index contributed by atoms with van der Waals surface area (Å²) in [5.41, 5.74) is 6.78. The molecule has 4 fully saturated rings. The van der Waals surface area contributed by atoms with E-state index in [0.717, 1.165) is 60.2 Å². The Kier molecular flexibility index (Phi) is 26.3. The van der Waals surface area contributed by atoms with Crippen molar-refractivity contribution >= 4 is 17.8 Å². The zero-order valence-corrected chi connectivity index (χ0v) is 46.0. The fourth-order valence-corrected chi connectivity index (χ4v) is 9.80. The number of nitrogens with two attached hydrogens (primary N) is 1. The van der Waals surface area contributed by atoms with Crippen molar-refractivity contribution in [2.45, 2.75) is 187 Å². The number of carbonyl (C=O) groups is 2. The molecular formula is C62H97N3O10. The van der Waals surface area contributed by atoms with Crippen molar-refractivity contribution in [2.24, 2.45) is 23.5 Å². The lowest BCUT2D eigenvalue weighted by molar-refractivity contribution is -0.0242. The number of aliphatic hydroxyl groups excluding tert-OH is 1. The van der Waals surface area contributed by atoms with Gasteiger partial charge in [-0.1, -0.05) is 108 Å². The molecular weight excluding hydrogens is 947 g/mol. The van der Waals surface area contributed by atoms with E-state index >= 15 is 0 Å². The first kappa shape index (κ1) is 62.7. The van der Waals surface area contributed by atoms with Crippen LogP contribution in [0.4, 0.5) is 9.59 Å². The van der Waals surface area contributed by atoms with Gasteiger partial charge < -0.3 is 55.0 Å². The summed E-state index contributed by atoms with van der Waals surface area (Å²) in [6, 6.07) is 23.6. The first-order valence-corrected chi connectivity index (χ1v) is 27.9. The molecule has 0 bridgehead atoms. The van der Waals surface area contributed by atoms with Gasteiger partial charge in [-0.15, -0.1) is 0 Å². The minimum Gasteiger partial charge on any atom is -0.493 e. The highest BCUT2D eigenvalue weighted by Crippen LogP contribution is 2.43. The molecule has 13 nitrogen and oxygen atoms in total. The Morgan fingerprint density at radius 2 is 1.11 bits per heavy atom. The van der Waals surface area contributed by atoms with E-state index in [0.29, 0.717) is 62.4 Å². The van der Waals surface area contributed by atoms with Gasteiger partial charge in [-0.25, -0.2) is 9.59 Å². The van der Waals surface area contributed by atoms with E-state index in [1.807, 2.05) is 96.1 Å². The predicted molar refractivity (Wildman–Crippen MR) is 301 cm³/mol. The molecule has 13 heteroatoms. The highest BCUT2D eigenvalue weighted by molar-refractivity contribution is 5.69. The number of epoxide rings is 1. The highest BCUT2D eigenvalue weighted by atomic mass is 16.6. The molecule has 2 unspecified atom stereocenters. The number of hydrogen-bond acceptors (Lipinski definition) is 11. The van der Waals surface area contributed by atoms with Gasteiger partial charge in [0, 0.05) is 19.5 Å². The van der Waals surface area contributed by atoms with E-state index in [2.05, 4.69) is 29.3 Å². The molecule has 1 heterocycles. The van der Waals surface area contributed by atoms with E-state index in [1.54, 1.807) is 6.07 Å². The van der Waals surface area contributed by atoms with Gasteiger partial charge >= 0.3 is 12.2 Å². The second kappa shape index (κ2) is 31.4. The molecule has 3 saturated carbocycles. The SMILES string of the molecule is C.C=C(CCNC(=O)OC(C)(C)C)c1cccc(OCC2CCCCC2)c1.CC(C)(C)OC(=O)NCCC1(c2cccc(OCC3CCCCC3)c2)CO1.NCCC(O)(CO)c1cccc(OCC2CCCCC2)c1. The molecule has 2 atom stereocenters. The van der Waals surface area contributed by atoms with Gasteiger partial charge in [0.25, 0.3) is 0 Å². The van der Waals surface area contributed by atoms with Gasteiger partial charge in [0.2, 0.25) is 0 Å². The maximum absolute atomic E-state index is 11.8. The number of rotatable bonds is 21. The van der Waals surface area contributed by atoms with Crippen molar-refractivity contribution < 1.29 is 48.2 Å². The number of hydrogen-bond donors (Lipinski definition) is 5. The molecule has 1 saturated heterocycles. The van der Waals surface area contributed by atoms with Crippen LogP contribution in [0.5, 0.6) is 17.2 Å². The summed E-state index contributed by atoms with van der Waals surface area (Å²) < 4.78 is 34.2. The van der Waals surface area contributed by atoms with Crippen molar-refractivity contribution in [1.82, 2.24) is 10.6 Å². The van der Waals surface area contributed by atoms with E-state index in [-0.39, 0.29) is 25.7 Å². The zero-order valence-electron chi connectivity index (χ0n) is 46.0. The lowest BCUT2D eigenvalue weighted by atomic mass is 9.90. The molecule has 4 aliphatic rings. The van der Waals surface area contributed by atoms with Crippen LogP contribution in [-0.2, 0) is 25.4 Å². The van der Waals surface area contributed by atoms with E-state index in [9.17, 15) is 19.8 Å². The largest absolute Gasteiger partial charge is 0.493 e. The number of nitrogens with one attached hydrogen (secondary N) is 2. The average Bonchev–Trinajstić information content (AvgIpc) is 4.18. The Labute approximate surface area is 451 Å². The van der Waals surface area contributed by atoms with Crippen LogP contribution in [0.1, 0.15) is 181 Å². The summed E-state index contributed by atoms with van der Waals surface area (Å²) >= 11 is 0. The van der Waals surface area contributed by atoms with Crippen LogP contribution in [0.25, 0.3) is 5.57 Å². The lowest BCUT2D eigenvalue weighted by Crippen LogP contribution is -2.34. The molecule has 75 heavy (non-hydrogen) atoms. The molecule has 6 N–H and O–H groups in total. The summed E-state index contributed by atoms with van der Waals surface area (Å²) in [4.78, 5) is 23.5. The van der Waals surface area contributed by atoms with Crippen molar-refractivity contribution in [2.75, 3.05) is 52.7 Å². The Morgan fingerprint density at radius 1 is 0.667 bits per heavy atom. The van der Waals surface area contributed by atoms with Gasteiger partial charge in [0.1, 0.15) is 39.7 Å². The lowest BCUT2D eigenvalue weighted by Gasteiger charge is -2.26. The molecule has 3 aliphatic carbocycles. The second-order valence-electron chi connectivity index (χ2n) is 23.0. The van der Waals surface area contributed by atoms with E-state index in [4.69, 9.17) is 34.2 Å². The Morgan fingerprint density at radius 3 is 1.56 bits per heavy atom. The number of aliphatic hydroxyl groups is 2. The number of carbonyl (C=O) groups excluding carboxylic acids is 2. The quantitative estimate of drug-likeness (QED) is 0.0640. The maximum atomic E-state index is 11.8. The molecule has 0 radical (unpaired) electrons. The third-order valence-electron chi connectivity index (χ3n) is 14.2. The third kappa shape index (κ3) is 23.5. The van der Waals surface area contributed by atoms with E-state index in [1.165, 1.54) is 96.3 Å². The summed E-state index contributed by atoms with van der Waals surface area (Å²) in [5.74, 6) is 4.58. The maximum Gasteiger partial charge on any atom is 0.407 e. The first-order valence-electron chi connectivity index (χ1n) is 27.9. The van der Waals surface area contributed by atoms with Gasteiger partial charge in [-0.3, -0.25) is 0 Å². The number of amides is 2. The topological polar surface area (TPSA) is 183 Å². The standard InChI is InChI=1S/C22H33NO4.C22H33NO3.C17H27NO3.CH4/c1-21(2,3)27-20(24)23-13-12-22(16-26-22)18-10-7-11-19(14-18)25-15-17-8-5-4-6-9-17;1-17(13-14-23-21(24)26-22(2,3)4)19-11-8-12-20(15-19)25-16-18-9-6-5-7-10-18;18-10-9-17(20,13-19)15-7-4-8-16(11-15)21-12-14-5-2-1-3-6-14;/h7,10-11,14,17H,4-6,8-9,12-13,15-16H2,1-3H3,(H,23,24);8,11-12,15,18H,1,5-7,9-10,13-14,16H2,2-4H3,(H,23,24);4,7-8,11,14,19-20H,1-3,5-6,9-10,12-13,18H2;1H4. The van der Waals surface area contributed by atoms with Crippen molar-refractivity contribution in [3.05, 3.63) is 96.1 Å². The number of ether oxygens (including phenoxy) is 6. The summed E-state index contributed by atoms with van der Waals surface area (Å²) in [5, 5.41) is 25.5. The molecule has 0 spiro atoms. The van der Waals surface area contributed by atoms with Gasteiger partial charge in [-0.2, -0.15) is 0 Å². The van der Waals surface area contributed by atoms with Crippen molar-refractivity contribution in [3.63, 3.8) is 0 Å². The van der Waals surface area contributed by atoms with Crippen LogP contribution in [0.15, 0.2) is 79.4 Å². The molecule has 7 rings (SSSR count). The highest BCUT2D eigenvalue weighted by Gasteiger charge is 2.46. The Hall–Kier alpha value is -4.82. The molecule has 2 amide bonds. The predicted octanol–water partition coefficient (Wildman–Crippen LogP) is 13.2. The normalized spacial score (nSPS) is 18.9. The molecule has 1 aliphatic heterocycles. The van der Waals surface area contributed by atoms with Crippen LogP contribution < -0.4 is 30.6 Å². The monoisotopic (exact) mass is 1040 g/mol. The van der Waals surface area contributed by atoms with Crippen LogP contribution in [0.2, 0.25) is 0 Å². The zero-order chi connectivity index (χ0) is 53.5. The van der Waals surface area contributed by atoms with Crippen molar-refractivity contribution in [3.8, 4) is 17.2 Å². The Balaban J connectivity index is 0.000000244. The minimum absolute atomic E-state index is 0. The minimum atomic E-state index is -1.28. The number of benzene rings is 3. The summed E-state index contributed by atoms with van der Waals surface area (Å²) in [6.07, 6.45) is 20.5. The summed E-state index contributed by atoms with van der Waals surface area (Å²) in [6.45, 7) is 19.3. The second-order valence-corrected chi connectivity index (χ2v) is 23.0. The fourth-order valence-electron chi connectivity index (χ4n) is 9.80. The average molecular weight is 1040 g/mol. The Bertz CT molecular complexity index is 2130.